The first kappa shape index (κ1) is 20.9. The molecule has 1 aliphatic rings. The van der Waals surface area contributed by atoms with Gasteiger partial charge in [-0.25, -0.2) is 5.01 Å². The topological polar surface area (TPSA) is 98.1 Å². The number of hydrazone groups is 1. The summed E-state index contributed by atoms with van der Waals surface area (Å²) in [6.45, 7) is 3.03. The molecule has 0 radical (unpaired) electrons. The van der Waals surface area contributed by atoms with Gasteiger partial charge in [0.15, 0.2) is 6.61 Å². The minimum Gasteiger partial charge on any atom is -0.467 e. The smallest absolute Gasteiger partial charge is 0.310 e. The zero-order chi connectivity index (χ0) is 22.0. The van der Waals surface area contributed by atoms with Gasteiger partial charge in [0.2, 0.25) is 0 Å². The van der Waals surface area contributed by atoms with Crippen LogP contribution in [-0.4, -0.2) is 34.4 Å². The summed E-state index contributed by atoms with van der Waals surface area (Å²) in [5.41, 5.74) is 2.85. The molecule has 160 valence electrons. The van der Waals surface area contributed by atoms with Crippen LogP contribution in [0.5, 0.6) is 0 Å². The minimum absolute atomic E-state index is 0.0185. The van der Waals surface area contributed by atoms with Crippen LogP contribution in [0.1, 0.15) is 40.8 Å². The maximum atomic E-state index is 12.9. The summed E-state index contributed by atoms with van der Waals surface area (Å²) in [6, 6.07) is 10.3. The highest BCUT2D eigenvalue weighted by Gasteiger charge is 2.35. The predicted octanol–water partition coefficient (Wildman–Crippen LogP) is 4.00. The van der Waals surface area contributed by atoms with E-state index in [1.54, 1.807) is 44.4 Å². The fourth-order valence-corrected chi connectivity index (χ4v) is 3.54. The Morgan fingerprint density at radius 1 is 1.23 bits per heavy atom. The molecule has 0 saturated heterocycles. The number of hydrogen-bond acceptors (Lipinski definition) is 7. The average Bonchev–Trinajstić information content (AvgIpc) is 3.49. The molecule has 4 rings (SSSR count). The summed E-state index contributed by atoms with van der Waals surface area (Å²) >= 11 is 5.97. The van der Waals surface area contributed by atoms with Crippen LogP contribution in [-0.2, 0) is 20.7 Å². The Labute approximate surface area is 183 Å². The number of halogens is 1. The molecule has 0 fully saturated rings. The number of benzene rings is 1. The van der Waals surface area contributed by atoms with Gasteiger partial charge in [-0.15, -0.1) is 0 Å². The summed E-state index contributed by atoms with van der Waals surface area (Å²) in [4.78, 5) is 25.1. The lowest BCUT2D eigenvalue weighted by atomic mass is 10.0. The molecule has 0 spiro atoms. The van der Waals surface area contributed by atoms with Gasteiger partial charge in [0, 0.05) is 17.0 Å². The number of carbonyl (C=O) groups excluding carboxylic acids is 2. The number of esters is 1. The van der Waals surface area contributed by atoms with Gasteiger partial charge in [-0.2, -0.15) is 5.10 Å². The molecule has 1 amide bonds. The van der Waals surface area contributed by atoms with Crippen LogP contribution in [0.2, 0.25) is 5.02 Å². The largest absolute Gasteiger partial charge is 0.467 e. The SMILES string of the molecule is Cc1noc(C)c1CC(=O)OCC(=O)N1N=C(c2ccc(Cl)cc2)CC1c1ccco1. The van der Waals surface area contributed by atoms with E-state index in [1.807, 2.05) is 12.1 Å². The average molecular weight is 442 g/mol. The van der Waals surface area contributed by atoms with Crippen LogP contribution in [0.15, 0.2) is 56.7 Å². The van der Waals surface area contributed by atoms with Crippen molar-refractivity contribution < 1.29 is 23.3 Å². The van der Waals surface area contributed by atoms with Crippen molar-refractivity contribution in [3.05, 3.63) is 76.0 Å². The van der Waals surface area contributed by atoms with Gasteiger partial charge in [0.25, 0.3) is 5.91 Å². The molecule has 0 aliphatic carbocycles. The third kappa shape index (κ3) is 4.54. The van der Waals surface area contributed by atoms with Crippen LogP contribution in [0, 0.1) is 13.8 Å². The van der Waals surface area contributed by atoms with Crippen molar-refractivity contribution in [3.8, 4) is 0 Å². The number of hydrogen-bond donors (Lipinski definition) is 0. The standard InChI is InChI=1S/C22H20ClN3O5/c1-13-17(14(2)31-25-13)10-22(28)30-12-21(27)26-19(20-4-3-9-29-20)11-18(24-26)15-5-7-16(23)8-6-15/h3-9,19H,10-12H2,1-2H3. The van der Waals surface area contributed by atoms with E-state index in [4.69, 9.17) is 25.3 Å². The molecule has 0 N–H and O–H groups in total. The zero-order valence-corrected chi connectivity index (χ0v) is 17.8. The van der Waals surface area contributed by atoms with Crippen molar-refractivity contribution in [1.82, 2.24) is 10.2 Å². The first-order valence-electron chi connectivity index (χ1n) is 9.68. The number of aryl methyl sites for hydroxylation is 2. The molecule has 3 aromatic rings. The molecule has 31 heavy (non-hydrogen) atoms. The second kappa shape index (κ2) is 8.77. The molecule has 9 heteroatoms. The molecule has 1 atom stereocenters. The number of amides is 1. The van der Waals surface area contributed by atoms with Gasteiger partial charge in [0.05, 0.1) is 24.1 Å². The lowest BCUT2D eigenvalue weighted by Crippen LogP contribution is -2.31. The van der Waals surface area contributed by atoms with Crippen molar-refractivity contribution in [2.45, 2.75) is 32.7 Å². The molecule has 3 heterocycles. The van der Waals surface area contributed by atoms with E-state index >= 15 is 0 Å². The van der Waals surface area contributed by atoms with Crippen LogP contribution in [0.25, 0.3) is 0 Å². The summed E-state index contributed by atoms with van der Waals surface area (Å²) < 4.78 is 15.8. The Hall–Kier alpha value is -3.39. The van der Waals surface area contributed by atoms with Crippen molar-refractivity contribution in [1.29, 1.82) is 0 Å². The van der Waals surface area contributed by atoms with Crippen LogP contribution in [0.4, 0.5) is 0 Å². The summed E-state index contributed by atoms with van der Waals surface area (Å²) in [7, 11) is 0. The molecule has 1 aliphatic heterocycles. The molecule has 1 aromatic carbocycles. The maximum absolute atomic E-state index is 12.9. The third-order valence-electron chi connectivity index (χ3n) is 5.07. The Bertz CT molecular complexity index is 1100. The number of furan rings is 1. The first-order chi connectivity index (χ1) is 14.9. The Balaban J connectivity index is 1.47. The molecular formula is C22H20ClN3O5. The number of ether oxygens (including phenoxy) is 1. The molecule has 2 aromatic heterocycles. The van der Waals surface area contributed by atoms with E-state index in [-0.39, 0.29) is 6.42 Å². The van der Waals surface area contributed by atoms with Crippen molar-refractivity contribution in [2.75, 3.05) is 6.61 Å². The fourth-order valence-electron chi connectivity index (χ4n) is 3.42. The number of carbonyl (C=O) groups is 2. The van der Waals surface area contributed by atoms with Crippen LogP contribution >= 0.6 is 11.6 Å². The Morgan fingerprint density at radius 2 is 2.00 bits per heavy atom. The lowest BCUT2D eigenvalue weighted by molar-refractivity contribution is -0.152. The molecule has 1 unspecified atom stereocenters. The van der Waals surface area contributed by atoms with Gasteiger partial charge in [-0.3, -0.25) is 9.59 Å². The number of nitrogens with zero attached hydrogens (tertiary/aromatic N) is 3. The van der Waals surface area contributed by atoms with E-state index in [0.717, 1.165) is 5.56 Å². The predicted molar refractivity (Wildman–Crippen MR) is 112 cm³/mol. The Morgan fingerprint density at radius 3 is 2.65 bits per heavy atom. The van der Waals surface area contributed by atoms with Gasteiger partial charge in [0.1, 0.15) is 17.6 Å². The normalized spacial score (nSPS) is 15.8. The highest BCUT2D eigenvalue weighted by molar-refractivity contribution is 6.30. The van der Waals surface area contributed by atoms with E-state index in [9.17, 15) is 9.59 Å². The van der Waals surface area contributed by atoms with Crippen molar-refractivity contribution >= 4 is 29.2 Å². The maximum Gasteiger partial charge on any atom is 0.310 e. The molecule has 0 bridgehead atoms. The summed E-state index contributed by atoms with van der Waals surface area (Å²) in [6.07, 6.45) is 1.99. The van der Waals surface area contributed by atoms with Gasteiger partial charge in [-0.05, 0) is 43.7 Å². The second-order valence-corrected chi connectivity index (χ2v) is 7.60. The highest BCUT2D eigenvalue weighted by Crippen LogP contribution is 2.33. The van der Waals surface area contributed by atoms with Gasteiger partial charge >= 0.3 is 5.97 Å². The summed E-state index contributed by atoms with van der Waals surface area (Å²) in [5, 5.41) is 10.2. The molecule has 8 nitrogen and oxygen atoms in total. The van der Waals surface area contributed by atoms with Gasteiger partial charge < -0.3 is 13.7 Å². The van der Waals surface area contributed by atoms with Crippen molar-refractivity contribution in [3.63, 3.8) is 0 Å². The number of rotatable bonds is 6. The zero-order valence-electron chi connectivity index (χ0n) is 17.0. The fraction of sp³-hybridized carbons (Fsp3) is 0.273. The number of aromatic nitrogens is 1. The third-order valence-corrected chi connectivity index (χ3v) is 5.33. The summed E-state index contributed by atoms with van der Waals surface area (Å²) in [5.74, 6) is 0.161. The minimum atomic E-state index is -0.543. The monoisotopic (exact) mass is 441 g/mol. The lowest BCUT2D eigenvalue weighted by Gasteiger charge is -2.19. The van der Waals surface area contributed by atoms with E-state index in [0.29, 0.717) is 39.9 Å². The van der Waals surface area contributed by atoms with E-state index in [2.05, 4.69) is 10.3 Å². The Kier molecular flexibility index (Phi) is 5.90. The van der Waals surface area contributed by atoms with E-state index < -0.39 is 24.5 Å². The van der Waals surface area contributed by atoms with Gasteiger partial charge in [-0.1, -0.05) is 28.9 Å². The van der Waals surface area contributed by atoms with Crippen molar-refractivity contribution in [2.24, 2.45) is 5.10 Å². The van der Waals surface area contributed by atoms with Crippen LogP contribution < -0.4 is 0 Å². The molecule has 0 saturated carbocycles. The van der Waals surface area contributed by atoms with Crippen LogP contribution in [0.3, 0.4) is 0 Å². The molecular weight excluding hydrogens is 422 g/mol. The van der Waals surface area contributed by atoms with E-state index in [1.165, 1.54) is 5.01 Å². The second-order valence-electron chi connectivity index (χ2n) is 7.17. The quantitative estimate of drug-likeness (QED) is 0.536. The first-order valence-corrected chi connectivity index (χ1v) is 10.1. The highest BCUT2D eigenvalue weighted by atomic mass is 35.5.